The molecular weight excluding hydrogens is 290 g/mol. The Labute approximate surface area is 136 Å². The van der Waals surface area contributed by atoms with Gasteiger partial charge in [-0.25, -0.2) is 0 Å². The van der Waals surface area contributed by atoms with Crippen LogP contribution in [0.3, 0.4) is 0 Å². The summed E-state index contributed by atoms with van der Waals surface area (Å²) in [5.41, 5.74) is 2.89. The van der Waals surface area contributed by atoms with Crippen LogP contribution in [0.2, 0.25) is 0 Å². The van der Waals surface area contributed by atoms with Gasteiger partial charge in [-0.3, -0.25) is 9.59 Å². The van der Waals surface area contributed by atoms with Gasteiger partial charge in [-0.2, -0.15) is 0 Å². The highest BCUT2D eigenvalue weighted by molar-refractivity contribution is 5.85. The molecule has 1 heterocycles. The summed E-state index contributed by atoms with van der Waals surface area (Å²) in [6, 6.07) is 8.59. The summed E-state index contributed by atoms with van der Waals surface area (Å²) in [5, 5.41) is 9.09. The monoisotopic (exact) mass is 313 g/mol. The minimum atomic E-state index is -0.721. The number of aliphatic carboxylic acids is 1. The Morgan fingerprint density at radius 3 is 2.65 bits per heavy atom. The Balaban J connectivity index is 1.48. The van der Waals surface area contributed by atoms with Gasteiger partial charge in [-0.1, -0.05) is 24.3 Å². The lowest BCUT2D eigenvalue weighted by Crippen LogP contribution is -2.42. The maximum Gasteiger partial charge on any atom is 0.306 e. The van der Waals surface area contributed by atoms with E-state index in [-0.39, 0.29) is 23.2 Å². The van der Waals surface area contributed by atoms with Crippen molar-refractivity contribution in [2.75, 3.05) is 13.1 Å². The largest absolute Gasteiger partial charge is 0.481 e. The van der Waals surface area contributed by atoms with Crippen molar-refractivity contribution in [1.82, 2.24) is 4.90 Å². The maximum atomic E-state index is 12.9. The normalized spacial score (nSPS) is 30.1. The fourth-order valence-corrected chi connectivity index (χ4v) is 4.72. The average molecular weight is 313 g/mol. The number of carboxylic acid groups (broad SMARTS) is 1. The molecule has 0 bridgehead atoms. The zero-order chi connectivity index (χ0) is 16.0. The van der Waals surface area contributed by atoms with Crippen LogP contribution in [-0.4, -0.2) is 35.0 Å². The Morgan fingerprint density at radius 1 is 1.17 bits per heavy atom. The van der Waals surface area contributed by atoms with Crippen LogP contribution in [-0.2, 0) is 21.4 Å². The van der Waals surface area contributed by atoms with Crippen molar-refractivity contribution in [2.45, 2.75) is 43.9 Å². The van der Waals surface area contributed by atoms with Crippen molar-refractivity contribution in [3.05, 3.63) is 35.4 Å². The number of carboxylic acids is 1. The molecule has 3 aliphatic rings. The molecule has 1 amide bonds. The van der Waals surface area contributed by atoms with Gasteiger partial charge in [0.2, 0.25) is 5.91 Å². The molecule has 1 aromatic rings. The van der Waals surface area contributed by atoms with Crippen molar-refractivity contribution in [3.8, 4) is 0 Å². The summed E-state index contributed by atoms with van der Waals surface area (Å²) in [6.07, 6.45) is 5.58. The molecule has 1 saturated carbocycles. The first kappa shape index (κ1) is 14.7. The lowest BCUT2D eigenvalue weighted by Gasteiger charge is -2.32. The summed E-state index contributed by atoms with van der Waals surface area (Å²) >= 11 is 0. The van der Waals surface area contributed by atoms with Gasteiger partial charge in [0, 0.05) is 24.4 Å². The average Bonchev–Trinajstić information content (AvgIpc) is 3.29. The minimum absolute atomic E-state index is 0.0789. The molecule has 1 aliphatic heterocycles. The molecule has 1 N–H and O–H groups in total. The van der Waals surface area contributed by atoms with E-state index in [2.05, 4.69) is 24.3 Å². The molecule has 2 atom stereocenters. The highest BCUT2D eigenvalue weighted by Gasteiger charge is 2.60. The number of likely N-dealkylation sites (tertiary alicyclic amines) is 1. The molecule has 23 heavy (non-hydrogen) atoms. The fourth-order valence-electron chi connectivity index (χ4n) is 4.72. The first-order valence-corrected chi connectivity index (χ1v) is 8.72. The molecule has 1 saturated heterocycles. The topological polar surface area (TPSA) is 57.6 Å². The first-order chi connectivity index (χ1) is 11.1. The highest BCUT2D eigenvalue weighted by atomic mass is 16.4. The van der Waals surface area contributed by atoms with E-state index in [0.29, 0.717) is 25.9 Å². The van der Waals surface area contributed by atoms with Crippen molar-refractivity contribution in [3.63, 3.8) is 0 Å². The van der Waals surface area contributed by atoms with Crippen LogP contribution in [0.25, 0.3) is 0 Å². The smallest absolute Gasteiger partial charge is 0.306 e. The number of fused-ring (bicyclic) bond motifs is 2. The van der Waals surface area contributed by atoms with Gasteiger partial charge in [0.05, 0.1) is 5.92 Å². The van der Waals surface area contributed by atoms with E-state index in [0.717, 1.165) is 19.3 Å². The summed E-state index contributed by atoms with van der Waals surface area (Å²) in [5.74, 6) is -0.625. The van der Waals surface area contributed by atoms with Gasteiger partial charge < -0.3 is 10.0 Å². The molecule has 4 rings (SSSR count). The van der Waals surface area contributed by atoms with Crippen molar-refractivity contribution in [1.29, 1.82) is 0 Å². The molecule has 1 spiro atoms. The third kappa shape index (κ3) is 2.35. The standard InChI is InChI=1S/C19H23NO3/c21-17(20-10-7-14(8-11-20)18(22)23)16-12-19(16)9-3-5-13-4-1-2-6-15(13)19/h1-2,4,6,14,16H,3,5,7-12H2,(H,22,23). The van der Waals surface area contributed by atoms with Gasteiger partial charge >= 0.3 is 5.97 Å². The van der Waals surface area contributed by atoms with E-state index in [4.69, 9.17) is 5.11 Å². The number of carbonyl (C=O) groups is 2. The summed E-state index contributed by atoms with van der Waals surface area (Å²) in [6.45, 7) is 1.20. The number of amides is 1. The molecule has 1 aromatic carbocycles. The van der Waals surface area contributed by atoms with Crippen molar-refractivity contribution >= 4 is 11.9 Å². The molecule has 2 fully saturated rings. The Kier molecular flexibility index (Phi) is 3.43. The number of benzene rings is 1. The Bertz CT molecular complexity index is 648. The van der Waals surface area contributed by atoms with Crippen LogP contribution in [0.4, 0.5) is 0 Å². The number of carbonyl (C=O) groups excluding carboxylic acids is 1. The minimum Gasteiger partial charge on any atom is -0.481 e. The lowest BCUT2D eigenvalue weighted by molar-refractivity contribution is -0.146. The zero-order valence-corrected chi connectivity index (χ0v) is 13.3. The number of aryl methyl sites for hydroxylation is 1. The Hall–Kier alpha value is -1.84. The van der Waals surface area contributed by atoms with E-state index in [1.165, 1.54) is 17.5 Å². The van der Waals surface area contributed by atoms with Crippen LogP contribution in [0, 0.1) is 11.8 Å². The van der Waals surface area contributed by atoms with Crippen molar-refractivity contribution in [2.24, 2.45) is 11.8 Å². The SMILES string of the molecule is O=C(O)C1CCN(C(=O)C2CC23CCCc2ccccc23)CC1. The van der Waals surface area contributed by atoms with Gasteiger partial charge in [0.15, 0.2) is 0 Å². The molecule has 4 nitrogen and oxygen atoms in total. The number of nitrogens with zero attached hydrogens (tertiary/aromatic N) is 1. The summed E-state index contributed by atoms with van der Waals surface area (Å²) in [4.78, 5) is 25.9. The third-order valence-electron chi connectivity index (χ3n) is 6.15. The van der Waals surface area contributed by atoms with Crippen LogP contribution in [0.15, 0.2) is 24.3 Å². The second kappa shape index (κ2) is 5.36. The maximum absolute atomic E-state index is 12.9. The van der Waals surface area contributed by atoms with E-state index in [9.17, 15) is 9.59 Å². The lowest BCUT2D eigenvalue weighted by atomic mass is 9.78. The van der Waals surface area contributed by atoms with Crippen LogP contribution in [0.5, 0.6) is 0 Å². The third-order valence-corrected chi connectivity index (χ3v) is 6.15. The summed E-state index contributed by atoms with van der Waals surface area (Å²) in [7, 11) is 0. The predicted octanol–water partition coefficient (Wildman–Crippen LogP) is 2.60. The number of hydrogen-bond acceptors (Lipinski definition) is 2. The van der Waals surface area contributed by atoms with E-state index in [1.807, 2.05) is 4.90 Å². The van der Waals surface area contributed by atoms with Gasteiger partial charge in [-0.05, 0) is 49.7 Å². The molecule has 122 valence electrons. The predicted molar refractivity (Wildman–Crippen MR) is 86.1 cm³/mol. The van der Waals surface area contributed by atoms with Gasteiger partial charge in [-0.15, -0.1) is 0 Å². The molecule has 4 heteroatoms. The van der Waals surface area contributed by atoms with Crippen LogP contribution >= 0.6 is 0 Å². The van der Waals surface area contributed by atoms with Crippen molar-refractivity contribution < 1.29 is 14.7 Å². The second-order valence-electron chi connectivity index (χ2n) is 7.36. The van der Waals surface area contributed by atoms with Gasteiger partial charge in [0.1, 0.15) is 0 Å². The van der Waals surface area contributed by atoms with E-state index < -0.39 is 5.97 Å². The number of rotatable bonds is 2. The highest BCUT2D eigenvalue weighted by Crippen LogP contribution is 2.60. The first-order valence-electron chi connectivity index (χ1n) is 8.72. The van der Waals surface area contributed by atoms with Crippen LogP contribution in [0.1, 0.15) is 43.2 Å². The fraction of sp³-hybridized carbons (Fsp3) is 0.579. The molecule has 2 aliphatic carbocycles. The molecule has 0 aromatic heterocycles. The molecule has 0 radical (unpaired) electrons. The molecular formula is C19H23NO3. The van der Waals surface area contributed by atoms with E-state index in [1.54, 1.807) is 0 Å². The number of piperidine rings is 1. The molecule has 2 unspecified atom stereocenters. The zero-order valence-electron chi connectivity index (χ0n) is 13.3. The summed E-state index contributed by atoms with van der Waals surface area (Å²) < 4.78 is 0. The Morgan fingerprint density at radius 2 is 1.91 bits per heavy atom. The van der Waals surface area contributed by atoms with Gasteiger partial charge in [0.25, 0.3) is 0 Å². The number of hydrogen-bond donors (Lipinski definition) is 1. The quantitative estimate of drug-likeness (QED) is 0.913. The van der Waals surface area contributed by atoms with Crippen LogP contribution < -0.4 is 0 Å². The van der Waals surface area contributed by atoms with E-state index >= 15 is 0 Å². The second-order valence-corrected chi connectivity index (χ2v) is 7.36.